The van der Waals surface area contributed by atoms with E-state index in [2.05, 4.69) is 26.2 Å². The first-order valence-electron chi connectivity index (χ1n) is 9.25. The molecule has 152 valence electrons. The Balaban J connectivity index is 1.90. The quantitative estimate of drug-likeness (QED) is 0.602. The van der Waals surface area contributed by atoms with E-state index in [0.717, 1.165) is 43.6 Å². The van der Waals surface area contributed by atoms with Gasteiger partial charge < -0.3 is 19.9 Å². The zero-order chi connectivity index (χ0) is 20.1. The Kier molecular flexibility index (Phi) is 6.97. The van der Waals surface area contributed by atoms with Gasteiger partial charge in [-0.3, -0.25) is 4.99 Å². The molecule has 1 N–H and O–H groups in total. The minimum Gasteiger partial charge on any atom is -0.495 e. The molecule has 0 atom stereocenters. The Morgan fingerprint density at radius 1 is 1.19 bits per heavy atom. The van der Waals surface area contributed by atoms with Crippen LogP contribution >= 0.6 is 0 Å². The van der Waals surface area contributed by atoms with Crippen LogP contribution in [0.1, 0.15) is 20.8 Å². The summed E-state index contributed by atoms with van der Waals surface area (Å²) in [6, 6.07) is 8.02. The molecule has 1 saturated heterocycles. The maximum atomic E-state index is 12.2. The predicted molar refractivity (Wildman–Crippen MR) is 112 cm³/mol. The van der Waals surface area contributed by atoms with Crippen molar-refractivity contribution < 1.29 is 13.2 Å². The summed E-state index contributed by atoms with van der Waals surface area (Å²) in [5.74, 6) is 1.72. The van der Waals surface area contributed by atoms with E-state index in [-0.39, 0.29) is 5.75 Å². The zero-order valence-corrected chi connectivity index (χ0v) is 17.8. The zero-order valence-electron chi connectivity index (χ0n) is 17.0. The first-order chi connectivity index (χ1) is 12.7. The van der Waals surface area contributed by atoms with Gasteiger partial charge in [-0.25, -0.2) is 8.42 Å². The third-order valence-electron chi connectivity index (χ3n) is 4.80. The van der Waals surface area contributed by atoms with Crippen LogP contribution in [0.3, 0.4) is 0 Å². The number of hydrogen-bond donors (Lipinski definition) is 1. The summed E-state index contributed by atoms with van der Waals surface area (Å²) in [6.07, 6.45) is 0. The van der Waals surface area contributed by atoms with Crippen molar-refractivity contribution in [2.75, 3.05) is 57.5 Å². The van der Waals surface area contributed by atoms with E-state index in [1.165, 1.54) is 0 Å². The van der Waals surface area contributed by atoms with Crippen LogP contribution in [-0.4, -0.2) is 76.7 Å². The molecular weight excluding hydrogens is 364 g/mol. The number of ether oxygens (including phenoxy) is 1. The number of guanidine groups is 1. The molecule has 0 aliphatic carbocycles. The molecule has 2 rings (SSSR count). The summed E-state index contributed by atoms with van der Waals surface area (Å²) in [4.78, 5) is 8.78. The minimum absolute atomic E-state index is 0.0939. The predicted octanol–water partition coefficient (Wildman–Crippen LogP) is 1.61. The molecule has 8 heteroatoms. The molecular formula is C19H32N4O3S. The SMILES string of the molecule is CN=C(NCCS(=O)(=O)C(C)(C)C)N1CCN(c2ccccc2OC)CC1. The molecule has 1 heterocycles. The lowest BCUT2D eigenvalue weighted by atomic mass is 10.2. The number of nitrogens with one attached hydrogen (secondary N) is 1. The van der Waals surface area contributed by atoms with Gasteiger partial charge in [-0.1, -0.05) is 12.1 Å². The fourth-order valence-corrected chi connectivity index (χ4v) is 3.97. The standard InChI is InChI=1S/C19H32N4O3S/c1-19(2,3)27(24,25)15-10-21-18(20-4)23-13-11-22(12-14-23)16-8-6-7-9-17(16)26-5/h6-9H,10-15H2,1-5H3,(H,20,21). The Hall–Kier alpha value is -1.96. The van der Waals surface area contributed by atoms with Crippen LogP contribution in [-0.2, 0) is 9.84 Å². The molecule has 0 spiro atoms. The highest BCUT2D eigenvalue weighted by molar-refractivity contribution is 7.92. The molecule has 0 amide bonds. The average Bonchev–Trinajstić information content (AvgIpc) is 2.64. The van der Waals surface area contributed by atoms with Crippen molar-refractivity contribution >= 4 is 21.5 Å². The smallest absolute Gasteiger partial charge is 0.193 e. The van der Waals surface area contributed by atoms with Gasteiger partial charge in [0.05, 0.1) is 23.3 Å². The highest BCUT2D eigenvalue weighted by Crippen LogP contribution is 2.28. The van der Waals surface area contributed by atoms with Crippen LogP contribution in [0.2, 0.25) is 0 Å². The molecule has 1 aromatic carbocycles. The van der Waals surface area contributed by atoms with Crippen molar-refractivity contribution in [2.24, 2.45) is 4.99 Å². The van der Waals surface area contributed by atoms with Crippen LogP contribution in [0.4, 0.5) is 5.69 Å². The third-order valence-corrected chi connectivity index (χ3v) is 7.41. The Morgan fingerprint density at radius 3 is 2.37 bits per heavy atom. The number of aliphatic imine (C=N–C) groups is 1. The van der Waals surface area contributed by atoms with Crippen LogP contribution < -0.4 is 15.0 Å². The van der Waals surface area contributed by atoms with Gasteiger partial charge >= 0.3 is 0 Å². The van der Waals surface area contributed by atoms with Gasteiger partial charge in [0.1, 0.15) is 5.75 Å². The van der Waals surface area contributed by atoms with Crippen LogP contribution in [0.25, 0.3) is 0 Å². The van der Waals surface area contributed by atoms with Crippen molar-refractivity contribution in [1.82, 2.24) is 10.2 Å². The molecule has 0 radical (unpaired) electrons. The summed E-state index contributed by atoms with van der Waals surface area (Å²) in [7, 11) is 0.273. The van der Waals surface area contributed by atoms with E-state index in [1.807, 2.05) is 18.2 Å². The summed E-state index contributed by atoms with van der Waals surface area (Å²) < 4.78 is 29.2. The summed E-state index contributed by atoms with van der Waals surface area (Å²) >= 11 is 0. The van der Waals surface area contributed by atoms with Gasteiger partial charge in [0.15, 0.2) is 15.8 Å². The highest BCUT2D eigenvalue weighted by Gasteiger charge is 2.28. The Bertz CT molecular complexity index is 748. The van der Waals surface area contributed by atoms with E-state index in [1.54, 1.807) is 34.9 Å². The molecule has 0 saturated carbocycles. The number of methoxy groups -OCH3 is 1. The molecule has 0 aromatic heterocycles. The van der Waals surface area contributed by atoms with Crippen LogP contribution in [0, 0.1) is 0 Å². The number of para-hydroxylation sites is 2. The normalized spacial score (nSPS) is 16.4. The Labute approximate surface area is 163 Å². The lowest BCUT2D eigenvalue weighted by Gasteiger charge is -2.38. The van der Waals surface area contributed by atoms with Crippen molar-refractivity contribution in [2.45, 2.75) is 25.5 Å². The minimum atomic E-state index is -3.14. The largest absolute Gasteiger partial charge is 0.495 e. The monoisotopic (exact) mass is 396 g/mol. The molecule has 1 aliphatic heterocycles. The van der Waals surface area contributed by atoms with E-state index in [4.69, 9.17) is 4.74 Å². The Morgan fingerprint density at radius 2 is 1.81 bits per heavy atom. The number of piperazine rings is 1. The van der Waals surface area contributed by atoms with Gasteiger partial charge in [-0.15, -0.1) is 0 Å². The van der Waals surface area contributed by atoms with Crippen molar-refractivity contribution in [3.8, 4) is 5.75 Å². The van der Waals surface area contributed by atoms with Gasteiger partial charge in [0.2, 0.25) is 0 Å². The summed E-state index contributed by atoms with van der Waals surface area (Å²) in [5, 5.41) is 3.20. The van der Waals surface area contributed by atoms with Crippen LogP contribution in [0.15, 0.2) is 29.3 Å². The number of anilines is 1. The second-order valence-corrected chi connectivity index (χ2v) is 10.4. The molecule has 27 heavy (non-hydrogen) atoms. The first kappa shape index (κ1) is 21.3. The van der Waals surface area contributed by atoms with E-state index in [0.29, 0.717) is 6.54 Å². The number of nitrogens with zero attached hydrogens (tertiary/aromatic N) is 3. The molecule has 0 unspecified atom stereocenters. The lowest BCUT2D eigenvalue weighted by molar-refractivity contribution is 0.368. The number of sulfone groups is 1. The second kappa shape index (κ2) is 8.82. The highest BCUT2D eigenvalue weighted by atomic mass is 32.2. The molecule has 1 aromatic rings. The molecule has 7 nitrogen and oxygen atoms in total. The molecule has 1 aliphatic rings. The second-order valence-electron chi connectivity index (χ2n) is 7.55. The summed E-state index contributed by atoms with van der Waals surface area (Å²) in [6.45, 7) is 8.87. The molecule has 0 bridgehead atoms. The first-order valence-corrected chi connectivity index (χ1v) is 10.9. The number of benzene rings is 1. The maximum absolute atomic E-state index is 12.2. The van der Waals surface area contributed by atoms with Gasteiger partial charge in [-0.05, 0) is 32.9 Å². The fraction of sp³-hybridized carbons (Fsp3) is 0.632. The number of hydrogen-bond acceptors (Lipinski definition) is 5. The fourth-order valence-electron chi connectivity index (χ4n) is 2.99. The topological polar surface area (TPSA) is 74.2 Å². The number of rotatable bonds is 5. The van der Waals surface area contributed by atoms with E-state index < -0.39 is 14.6 Å². The third kappa shape index (κ3) is 5.28. The maximum Gasteiger partial charge on any atom is 0.193 e. The lowest BCUT2D eigenvalue weighted by Crippen LogP contribution is -2.53. The van der Waals surface area contributed by atoms with Crippen molar-refractivity contribution in [1.29, 1.82) is 0 Å². The van der Waals surface area contributed by atoms with Crippen LogP contribution in [0.5, 0.6) is 5.75 Å². The van der Waals surface area contributed by atoms with E-state index in [9.17, 15) is 8.42 Å². The average molecular weight is 397 g/mol. The summed E-state index contributed by atoms with van der Waals surface area (Å²) in [5.41, 5.74) is 1.10. The van der Waals surface area contributed by atoms with Gasteiger partial charge in [-0.2, -0.15) is 0 Å². The van der Waals surface area contributed by atoms with E-state index >= 15 is 0 Å². The van der Waals surface area contributed by atoms with Gasteiger partial charge in [0, 0.05) is 39.8 Å². The van der Waals surface area contributed by atoms with Crippen molar-refractivity contribution in [3.05, 3.63) is 24.3 Å². The van der Waals surface area contributed by atoms with Crippen molar-refractivity contribution in [3.63, 3.8) is 0 Å². The molecule has 1 fully saturated rings. The van der Waals surface area contributed by atoms with Gasteiger partial charge in [0.25, 0.3) is 0 Å².